The fraction of sp³-hybridized carbons (Fsp3) is 1.00. The molecule has 1 aliphatic rings. The van der Waals surface area contributed by atoms with Crippen molar-refractivity contribution in [3.63, 3.8) is 0 Å². The molecule has 3 atom stereocenters. The van der Waals surface area contributed by atoms with E-state index in [1.165, 1.54) is 0 Å². The number of aliphatic hydroxyl groups excluding tert-OH is 1. The van der Waals surface area contributed by atoms with E-state index >= 15 is 0 Å². The third-order valence-electron chi connectivity index (χ3n) is 1.61. The molecule has 0 heterocycles. The van der Waals surface area contributed by atoms with Crippen molar-refractivity contribution in [1.29, 1.82) is 0 Å². The second-order valence-electron chi connectivity index (χ2n) is 2.46. The maximum atomic E-state index is 8.96. The van der Waals surface area contributed by atoms with Gasteiger partial charge in [-0.25, -0.2) is 0 Å². The largest absolute Gasteiger partial charge is 0.391 e. The summed E-state index contributed by atoms with van der Waals surface area (Å²) in [6.07, 6.45) is 1.08. The van der Waals surface area contributed by atoms with Gasteiger partial charge in [-0.2, -0.15) is 0 Å². The molecule has 0 aromatic rings. The molecule has 1 aliphatic carbocycles. The molecule has 1 fully saturated rings. The van der Waals surface area contributed by atoms with Gasteiger partial charge in [0.2, 0.25) is 0 Å². The van der Waals surface area contributed by atoms with Crippen LogP contribution in [0.5, 0.6) is 0 Å². The first-order valence-corrected chi connectivity index (χ1v) is 2.89. The Morgan fingerprint density at radius 3 is 2.00 bits per heavy atom. The summed E-state index contributed by atoms with van der Waals surface area (Å²) in [7, 11) is 0. The van der Waals surface area contributed by atoms with Gasteiger partial charge in [0.15, 0.2) is 0 Å². The van der Waals surface area contributed by atoms with E-state index in [0.717, 1.165) is 6.42 Å². The molecular formula is C5H12N2O. The molecule has 2 unspecified atom stereocenters. The van der Waals surface area contributed by atoms with Crippen LogP contribution in [0.25, 0.3) is 0 Å². The van der Waals surface area contributed by atoms with E-state index in [1.807, 2.05) is 0 Å². The highest BCUT2D eigenvalue weighted by Gasteiger charge is 2.27. The highest BCUT2D eigenvalue weighted by Crippen LogP contribution is 2.15. The van der Waals surface area contributed by atoms with Gasteiger partial charge in [0.1, 0.15) is 0 Å². The minimum absolute atomic E-state index is 0.0787. The molecule has 0 aromatic heterocycles. The van der Waals surface area contributed by atoms with Crippen molar-refractivity contribution in [2.45, 2.75) is 31.0 Å². The Hall–Kier alpha value is -0.120. The molecular weight excluding hydrogens is 104 g/mol. The number of aliphatic hydroxyl groups is 1. The van der Waals surface area contributed by atoms with Crippen LogP contribution in [0, 0.1) is 0 Å². The summed E-state index contributed by atoms with van der Waals surface area (Å²) >= 11 is 0. The topological polar surface area (TPSA) is 72.3 Å². The zero-order chi connectivity index (χ0) is 6.15. The molecule has 3 nitrogen and oxygen atoms in total. The highest BCUT2D eigenvalue weighted by molar-refractivity contribution is 4.87. The molecule has 0 bridgehead atoms. The first kappa shape index (κ1) is 6.01. The van der Waals surface area contributed by atoms with E-state index in [4.69, 9.17) is 16.6 Å². The zero-order valence-corrected chi connectivity index (χ0v) is 4.75. The van der Waals surface area contributed by atoms with Gasteiger partial charge in [0.05, 0.1) is 6.10 Å². The molecule has 0 aromatic carbocycles. The van der Waals surface area contributed by atoms with Crippen LogP contribution in [-0.2, 0) is 0 Å². The van der Waals surface area contributed by atoms with Crippen LogP contribution in [-0.4, -0.2) is 23.3 Å². The predicted octanol–water partition coefficient (Wildman–Crippen LogP) is -1.20. The smallest absolute Gasteiger partial charge is 0.0706 e. The summed E-state index contributed by atoms with van der Waals surface area (Å²) < 4.78 is 0. The highest BCUT2D eigenvalue weighted by atomic mass is 16.3. The minimum Gasteiger partial charge on any atom is -0.391 e. The third kappa shape index (κ3) is 0.992. The van der Waals surface area contributed by atoms with E-state index < -0.39 is 0 Å². The lowest BCUT2D eigenvalue weighted by Gasteiger charge is -2.04. The Labute approximate surface area is 48.7 Å². The molecule has 1 saturated carbocycles. The first-order valence-electron chi connectivity index (χ1n) is 2.89. The van der Waals surface area contributed by atoms with Gasteiger partial charge in [-0.3, -0.25) is 0 Å². The molecule has 48 valence electrons. The van der Waals surface area contributed by atoms with Crippen molar-refractivity contribution in [1.82, 2.24) is 0 Å². The summed E-state index contributed by atoms with van der Waals surface area (Å²) in [5.41, 5.74) is 10.9. The van der Waals surface area contributed by atoms with Crippen LogP contribution in [0.3, 0.4) is 0 Å². The van der Waals surface area contributed by atoms with Crippen molar-refractivity contribution in [3.05, 3.63) is 0 Å². The average Bonchev–Trinajstić information content (AvgIpc) is 1.85. The summed E-state index contributed by atoms with van der Waals surface area (Å²) in [4.78, 5) is 0. The number of hydrogen-bond donors (Lipinski definition) is 3. The second kappa shape index (κ2) is 2.01. The van der Waals surface area contributed by atoms with E-state index in [1.54, 1.807) is 0 Å². The van der Waals surface area contributed by atoms with Gasteiger partial charge in [-0.1, -0.05) is 0 Å². The molecule has 3 heteroatoms. The SMILES string of the molecule is NC1CC(O)[C@@H](N)C1. The average molecular weight is 116 g/mol. The molecule has 1 rings (SSSR count). The van der Waals surface area contributed by atoms with Gasteiger partial charge >= 0.3 is 0 Å². The van der Waals surface area contributed by atoms with Crippen molar-refractivity contribution >= 4 is 0 Å². The summed E-state index contributed by atoms with van der Waals surface area (Å²) in [5.74, 6) is 0. The Morgan fingerprint density at radius 1 is 1.25 bits per heavy atom. The van der Waals surface area contributed by atoms with Gasteiger partial charge in [-0.15, -0.1) is 0 Å². The van der Waals surface area contributed by atoms with E-state index in [2.05, 4.69) is 0 Å². The second-order valence-corrected chi connectivity index (χ2v) is 2.46. The summed E-state index contributed by atoms with van der Waals surface area (Å²) in [5, 5.41) is 8.96. The van der Waals surface area contributed by atoms with Crippen molar-refractivity contribution in [2.24, 2.45) is 11.5 Å². The van der Waals surface area contributed by atoms with E-state index in [0.29, 0.717) is 6.42 Å². The Morgan fingerprint density at radius 2 is 1.88 bits per heavy atom. The lowest BCUT2D eigenvalue weighted by Crippen LogP contribution is -2.28. The fourth-order valence-electron chi connectivity index (χ4n) is 1.09. The molecule has 0 aliphatic heterocycles. The van der Waals surface area contributed by atoms with Gasteiger partial charge in [0.25, 0.3) is 0 Å². The number of rotatable bonds is 0. The van der Waals surface area contributed by atoms with Crippen molar-refractivity contribution in [2.75, 3.05) is 0 Å². The van der Waals surface area contributed by atoms with Crippen LogP contribution < -0.4 is 11.5 Å². The van der Waals surface area contributed by atoms with Crippen LogP contribution in [0.1, 0.15) is 12.8 Å². The summed E-state index contributed by atoms with van der Waals surface area (Å²) in [6, 6.07) is 0.0463. The monoisotopic (exact) mass is 116 g/mol. The van der Waals surface area contributed by atoms with E-state index in [-0.39, 0.29) is 18.2 Å². The third-order valence-corrected chi connectivity index (χ3v) is 1.61. The first-order chi connectivity index (χ1) is 3.70. The molecule has 5 N–H and O–H groups in total. The maximum Gasteiger partial charge on any atom is 0.0706 e. The molecule has 0 radical (unpaired) electrons. The van der Waals surface area contributed by atoms with E-state index in [9.17, 15) is 0 Å². The standard InChI is InChI=1S/C5H12N2O/c6-3-1-4(7)5(8)2-3/h3-5,8H,1-2,6-7H2/t3?,4-,5?/m0/s1. The van der Waals surface area contributed by atoms with Crippen molar-refractivity contribution < 1.29 is 5.11 Å². The van der Waals surface area contributed by atoms with Crippen LogP contribution in [0.15, 0.2) is 0 Å². The van der Waals surface area contributed by atoms with Gasteiger partial charge < -0.3 is 16.6 Å². The van der Waals surface area contributed by atoms with Crippen molar-refractivity contribution in [3.8, 4) is 0 Å². The van der Waals surface area contributed by atoms with Gasteiger partial charge in [-0.05, 0) is 12.8 Å². The maximum absolute atomic E-state index is 8.96. The van der Waals surface area contributed by atoms with Crippen LogP contribution in [0.4, 0.5) is 0 Å². The molecule has 0 spiro atoms. The summed E-state index contributed by atoms with van der Waals surface area (Å²) in [6.45, 7) is 0. The predicted molar refractivity (Wildman–Crippen MR) is 31.2 cm³/mol. The van der Waals surface area contributed by atoms with Crippen LogP contribution >= 0.6 is 0 Å². The number of nitrogens with two attached hydrogens (primary N) is 2. The number of hydrogen-bond acceptors (Lipinski definition) is 3. The van der Waals surface area contributed by atoms with Crippen LogP contribution in [0.2, 0.25) is 0 Å². The lowest BCUT2D eigenvalue weighted by atomic mass is 10.2. The molecule has 8 heavy (non-hydrogen) atoms. The van der Waals surface area contributed by atoms with Gasteiger partial charge in [0, 0.05) is 12.1 Å². The zero-order valence-electron chi connectivity index (χ0n) is 4.75. The quantitative estimate of drug-likeness (QED) is 0.372. The minimum atomic E-state index is -0.356. The lowest BCUT2D eigenvalue weighted by molar-refractivity contribution is 0.164. The normalized spacial score (nSPS) is 47.6. The Balaban J connectivity index is 2.39. The Bertz CT molecular complexity index is 76.5. The molecule has 0 amide bonds. The fourth-order valence-corrected chi connectivity index (χ4v) is 1.09. The molecule has 0 saturated heterocycles. The Kier molecular flexibility index (Phi) is 1.51.